The zero-order valence-electron chi connectivity index (χ0n) is 10.8. The number of hydrogen-bond donors (Lipinski definition) is 2. The number of carbonyl (C=O) groups excluding carboxylic acids is 1. The van der Waals surface area contributed by atoms with Gasteiger partial charge in [0.05, 0.1) is 12.7 Å². The molecule has 2 N–H and O–H groups in total. The first-order valence-electron chi connectivity index (χ1n) is 6.27. The Morgan fingerprint density at radius 1 is 1.44 bits per heavy atom. The zero-order chi connectivity index (χ0) is 13.5. The van der Waals surface area contributed by atoms with E-state index in [-0.39, 0.29) is 6.10 Å². The van der Waals surface area contributed by atoms with Crippen LogP contribution in [0.1, 0.15) is 33.1 Å². The molecule has 0 aromatic heterocycles. The van der Waals surface area contributed by atoms with E-state index in [0.717, 1.165) is 25.9 Å². The molecular formula is C12H21NO5. The molecule has 0 bridgehead atoms. The quantitative estimate of drug-likeness (QED) is 0.727. The third-order valence-electron chi connectivity index (χ3n) is 2.90. The van der Waals surface area contributed by atoms with Crippen molar-refractivity contribution >= 4 is 11.9 Å². The van der Waals surface area contributed by atoms with Gasteiger partial charge in [0, 0.05) is 6.61 Å². The van der Waals surface area contributed by atoms with Gasteiger partial charge in [0.2, 0.25) is 5.91 Å². The van der Waals surface area contributed by atoms with Gasteiger partial charge in [-0.05, 0) is 33.1 Å². The molecule has 1 saturated heterocycles. The van der Waals surface area contributed by atoms with Crippen LogP contribution in [0, 0.1) is 0 Å². The molecule has 0 aromatic carbocycles. The summed E-state index contributed by atoms with van der Waals surface area (Å²) in [4.78, 5) is 22.2. The molecule has 18 heavy (non-hydrogen) atoms. The number of ether oxygens (including phenoxy) is 2. The van der Waals surface area contributed by atoms with Gasteiger partial charge in [0.25, 0.3) is 0 Å². The van der Waals surface area contributed by atoms with Gasteiger partial charge in [-0.15, -0.1) is 0 Å². The predicted molar refractivity (Wildman–Crippen MR) is 64.2 cm³/mol. The van der Waals surface area contributed by atoms with Crippen molar-refractivity contribution < 1.29 is 24.2 Å². The highest BCUT2D eigenvalue weighted by atomic mass is 16.5. The van der Waals surface area contributed by atoms with Crippen molar-refractivity contribution in [1.29, 1.82) is 0 Å². The van der Waals surface area contributed by atoms with E-state index in [1.165, 1.54) is 6.92 Å². The van der Waals surface area contributed by atoms with Gasteiger partial charge < -0.3 is 19.9 Å². The summed E-state index contributed by atoms with van der Waals surface area (Å²) >= 11 is 0. The number of carbonyl (C=O) groups is 2. The van der Waals surface area contributed by atoms with Crippen molar-refractivity contribution in [3.8, 4) is 0 Å². The largest absolute Gasteiger partial charge is 0.480 e. The lowest BCUT2D eigenvalue weighted by molar-refractivity contribution is -0.144. The topological polar surface area (TPSA) is 84.9 Å². The summed E-state index contributed by atoms with van der Waals surface area (Å²) in [5.74, 6) is -1.48. The Labute approximate surface area is 107 Å². The number of aliphatic carboxylic acids is 1. The average molecular weight is 259 g/mol. The van der Waals surface area contributed by atoms with Gasteiger partial charge in [0.1, 0.15) is 12.1 Å². The van der Waals surface area contributed by atoms with Crippen molar-refractivity contribution in [1.82, 2.24) is 5.32 Å². The third kappa shape index (κ3) is 5.01. The minimum atomic E-state index is -1.06. The molecule has 0 aliphatic carbocycles. The molecule has 0 radical (unpaired) electrons. The van der Waals surface area contributed by atoms with Crippen LogP contribution >= 0.6 is 0 Å². The maximum absolute atomic E-state index is 11.6. The summed E-state index contributed by atoms with van der Waals surface area (Å²) in [5, 5.41) is 11.0. The average Bonchev–Trinajstić information content (AvgIpc) is 2.36. The first-order valence-corrected chi connectivity index (χ1v) is 6.27. The van der Waals surface area contributed by atoms with Crippen LogP contribution < -0.4 is 5.32 Å². The highest BCUT2D eigenvalue weighted by Gasteiger charge is 2.21. The maximum Gasteiger partial charge on any atom is 0.325 e. The molecule has 0 spiro atoms. The molecule has 0 saturated carbocycles. The van der Waals surface area contributed by atoms with E-state index >= 15 is 0 Å². The number of nitrogens with one attached hydrogen (secondary N) is 1. The third-order valence-corrected chi connectivity index (χ3v) is 2.90. The van der Waals surface area contributed by atoms with Gasteiger partial charge in [-0.2, -0.15) is 0 Å². The SMILES string of the molecule is C[C@H](NC(=O)[C@@H](C)OC[C@H]1CCCCO1)C(=O)O. The molecule has 3 atom stereocenters. The second kappa shape index (κ2) is 7.33. The number of hydrogen-bond acceptors (Lipinski definition) is 4. The summed E-state index contributed by atoms with van der Waals surface area (Å²) in [6.45, 7) is 4.13. The van der Waals surface area contributed by atoms with Crippen LogP contribution in [0.4, 0.5) is 0 Å². The van der Waals surface area contributed by atoms with E-state index in [4.69, 9.17) is 14.6 Å². The summed E-state index contributed by atoms with van der Waals surface area (Å²) in [5.41, 5.74) is 0. The summed E-state index contributed by atoms with van der Waals surface area (Å²) in [7, 11) is 0. The molecule has 6 nitrogen and oxygen atoms in total. The Balaban J connectivity index is 2.24. The normalized spacial score (nSPS) is 23.1. The van der Waals surface area contributed by atoms with Crippen molar-refractivity contribution in [3.05, 3.63) is 0 Å². The molecular weight excluding hydrogens is 238 g/mol. The molecule has 1 rings (SSSR count). The Hall–Kier alpha value is -1.14. The number of amides is 1. The summed E-state index contributed by atoms with van der Waals surface area (Å²) < 4.78 is 10.9. The minimum Gasteiger partial charge on any atom is -0.480 e. The van der Waals surface area contributed by atoms with Gasteiger partial charge in [-0.25, -0.2) is 0 Å². The molecule has 6 heteroatoms. The Bertz CT molecular complexity index is 288. The van der Waals surface area contributed by atoms with Crippen molar-refractivity contribution in [2.75, 3.05) is 13.2 Å². The monoisotopic (exact) mass is 259 g/mol. The smallest absolute Gasteiger partial charge is 0.325 e. The second-order valence-electron chi connectivity index (χ2n) is 4.53. The van der Waals surface area contributed by atoms with Crippen LogP contribution in [0.15, 0.2) is 0 Å². The van der Waals surface area contributed by atoms with E-state index < -0.39 is 24.0 Å². The molecule has 1 fully saturated rings. The van der Waals surface area contributed by atoms with Crippen LogP contribution in [-0.2, 0) is 19.1 Å². The Morgan fingerprint density at radius 3 is 2.72 bits per heavy atom. The van der Waals surface area contributed by atoms with E-state index in [0.29, 0.717) is 6.61 Å². The van der Waals surface area contributed by atoms with Crippen molar-refractivity contribution in [2.45, 2.75) is 51.4 Å². The Morgan fingerprint density at radius 2 is 2.17 bits per heavy atom. The lowest BCUT2D eigenvalue weighted by Gasteiger charge is -2.24. The van der Waals surface area contributed by atoms with Crippen molar-refractivity contribution in [2.24, 2.45) is 0 Å². The van der Waals surface area contributed by atoms with E-state index in [9.17, 15) is 9.59 Å². The molecule has 1 amide bonds. The van der Waals surface area contributed by atoms with Crippen LogP contribution in [0.5, 0.6) is 0 Å². The number of rotatable bonds is 6. The second-order valence-corrected chi connectivity index (χ2v) is 4.53. The molecule has 104 valence electrons. The highest BCUT2D eigenvalue weighted by molar-refractivity contribution is 5.85. The number of carboxylic acids is 1. The minimum absolute atomic E-state index is 0.0471. The van der Waals surface area contributed by atoms with Gasteiger partial charge in [0.15, 0.2) is 0 Å². The van der Waals surface area contributed by atoms with Crippen LogP contribution in [0.3, 0.4) is 0 Å². The zero-order valence-corrected chi connectivity index (χ0v) is 10.8. The fraction of sp³-hybridized carbons (Fsp3) is 0.833. The van der Waals surface area contributed by atoms with E-state index in [1.54, 1.807) is 6.92 Å². The predicted octanol–water partition coefficient (Wildman–Crippen LogP) is 0.550. The van der Waals surface area contributed by atoms with Crippen molar-refractivity contribution in [3.63, 3.8) is 0 Å². The molecule has 0 unspecified atom stereocenters. The van der Waals surface area contributed by atoms with Gasteiger partial charge in [-0.3, -0.25) is 9.59 Å². The van der Waals surface area contributed by atoms with E-state index in [2.05, 4.69) is 5.32 Å². The lowest BCUT2D eigenvalue weighted by Crippen LogP contribution is -2.44. The molecule has 1 aliphatic heterocycles. The molecule has 1 aliphatic rings. The fourth-order valence-corrected chi connectivity index (χ4v) is 1.66. The first kappa shape index (κ1) is 14.9. The van der Waals surface area contributed by atoms with Gasteiger partial charge in [-0.1, -0.05) is 0 Å². The van der Waals surface area contributed by atoms with Crippen LogP contribution in [-0.4, -0.2) is 48.4 Å². The Kier molecular flexibility index (Phi) is 6.07. The summed E-state index contributed by atoms with van der Waals surface area (Å²) in [6, 6.07) is -0.908. The van der Waals surface area contributed by atoms with Gasteiger partial charge >= 0.3 is 5.97 Å². The standard InChI is InChI=1S/C12H21NO5/c1-8(12(15)16)13-11(14)9(2)18-7-10-5-3-4-6-17-10/h8-10H,3-7H2,1-2H3,(H,13,14)(H,15,16)/t8-,9+,10+/m0/s1. The van der Waals surface area contributed by atoms with Crippen LogP contribution in [0.2, 0.25) is 0 Å². The lowest BCUT2D eigenvalue weighted by atomic mass is 10.1. The highest BCUT2D eigenvalue weighted by Crippen LogP contribution is 2.13. The first-order chi connectivity index (χ1) is 8.50. The number of carboxylic acid groups (broad SMARTS) is 1. The molecule has 1 heterocycles. The maximum atomic E-state index is 11.6. The molecule has 0 aromatic rings. The van der Waals surface area contributed by atoms with E-state index in [1.807, 2.05) is 0 Å². The fourth-order valence-electron chi connectivity index (χ4n) is 1.66. The van der Waals surface area contributed by atoms with Crippen LogP contribution in [0.25, 0.3) is 0 Å². The summed E-state index contributed by atoms with van der Waals surface area (Å²) in [6.07, 6.45) is 2.51.